The first kappa shape index (κ1) is 14.2. The lowest BCUT2D eigenvalue weighted by Crippen LogP contribution is -2.13. The Kier molecular flexibility index (Phi) is 4.46. The van der Waals surface area contributed by atoms with Crippen LogP contribution in [-0.4, -0.2) is 11.5 Å². The number of carbonyl (C=O) groups excluding carboxylic acids is 1. The van der Waals surface area contributed by atoms with Crippen LogP contribution in [0.4, 0.5) is 5.69 Å². The molecule has 0 N–H and O–H groups in total. The SMILES string of the molecule is CCC(=Nc1c(C)cccc1C)C(=O)c1ccccc1. The van der Waals surface area contributed by atoms with Crippen LogP contribution < -0.4 is 0 Å². The van der Waals surface area contributed by atoms with Crippen LogP contribution in [0.1, 0.15) is 34.8 Å². The number of hydrogen-bond donors (Lipinski definition) is 0. The molecule has 0 heterocycles. The summed E-state index contributed by atoms with van der Waals surface area (Å²) >= 11 is 0. The number of aryl methyl sites for hydroxylation is 2. The Morgan fingerprint density at radius 1 is 0.950 bits per heavy atom. The molecular weight excluding hydrogens is 246 g/mol. The maximum absolute atomic E-state index is 12.5. The van der Waals surface area contributed by atoms with Crippen LogP contribution in [0.2, 0.25) is 0 Å². The molecule has 0 aliphatic heterocycles. The van der Waals surface area contributed by atoms with Crippen molar-refractivity contribution in [2.75, 3.05) is 0 Å². The Labute approximate surface area is 120 Å². The molecule has 0 aromatic heterocycles. The highest BCUT2D eigenvalue weighted by atomic mass is 16.1. The number of rotatable bonds is 4. The highest BCUT2D eigenvalue weighted by molar-refractivity contribution is 6.46. The van der Waals surface area contributed by atoms with Gasteiger partial charge in [-0.25, -0.2) is 4.99 Å². The van der Waals surface area contributed by atoms with Gasteiger partial charge in [0.25, 0.3) is 0 Å². The Morgan fingerprint density at radius 2 is 1.55 bits per heavy atom. The molecule has 2 aromatic rings. The van der Waals surface area contributed by atoms with Crippen LogP contribution in [0.25, 0.3) is 0 Å². The number of benzene rings is 2. The van der Waals surface area contributed by atoms with E-state index in [0.717, 1.165) is 16.8 Å². The molecule has 0 unspecified atom stereocenters. The molecule has 0 saturated heterocycles. The van der Waals surface area contributed by atoms with Gasteiger partial charge >= 0.3 is 0 Å². The molecule has 0 aliphatic carbocycles. The molecule has 0 saturated carbocycles. The van der Waals surface area contributed by atoms with Gasteiger partial charge in [0.15, 0.2) is 0 Å². The molecule has 0 atom stereocenters. The van der Waals surface area contributed by atoms with Gasteiger partial charge in [-0.2, -0.15) is 0 Å². The van der Waals surface area contributed by atoms with E-state index >= 15 is 0 Å². The lowest BCUT2D eigenvalue weighted by atomic mass is 10.0. The van der Waals surface area contributed by atoms with Gasteiger partial charge in [-0.3, -0.25) is 4.79 Å². The first-order valence-corrected chi connectivity index (χ1v) is 6.87. The molecule has 0 amide bonds. The maximum Gasteiger partial charge on any atom is 0.207 e. The largest absolute Gasteiger partial charge is 0.287 e. The summed E-state index contributed by atoms with van der Waals surface area (Å²) in [5.74, 6) is 0.00996. The molecule has 0 fully saturated rings. The van der Waals surface area contributed by atoms with Gasteiger partial charge in [0, 0.05) is 5.56 Å². The number of nitrogens with zero attached hydrogens (tertiary/aromatic N) is 1. The normalized spacial score (nSPS) is 11.4. The van der Waals surface area contributed by atoms with Crippen molar-refractivity contribution >= 4 is 17.2 Å². The molecule has 2 heteroatoms. The molecule has 20 heavy (non-hydrogen) atoms. The van der Waals surface area contributed by atoms with Gasteiger partial charge in [0.05, 0.1) is 11.4 Å². The number of carbonyl (C=O) groups is 1. The average Bonchev–Trinajstić information content (AvgIpc) is 2.47. The van der Waals surface area contributed by atoms with E-state index in [4.69, 9.17) is 0 Å². The van der Waals surface area contributed by atoms with E-state index in [2.05, 4.69) is 4.99 Å². The van der Waals surface area contributed by atoms with E-state index in [1.807, 2.05) is 69.3 Å². The average molecular weight is 265 g/mol. The van der Waals surface area contributed by atoms with Gasteiger partial charge in [-0.1, -0.05) is 55.5 Å². The second-order valence-corrected chi connectivity index (χ2v) is 4.85. The van der Waals surface area contributed by atoms with E-state index in [1.54, 1.807) is 0 Å². The molecular formula is C18H19NO. The zero-order chi connectivity index (χ0) is 14.5. The quantitative estimate of drug-likeness (QED) is 0.583. The first-order valence-electron chi connectivity index (χ1n) is 6.87. The number of aliphatic imine (C=N–C) groups is 1. The third-order valence-corrected chi connectivity index (χ3v) is 3.32. The number of hydrogen-bond acceptors (Lipinski definition) is 2. The topological polar surface area (TPSA) is 29.4 Å². The number of para-hydroxylation sites is 1. The third-order valence-electron chi connectivity index (χ3n) is 3.32. The van der Waals surface area contributed by atoms with E-state index in [1.165, 1.54) is 0 Å². The summed E-state index contributed by atoms with van der Waals surface area (Å²) in [4.78, 5) is 17.1. The van der Waals surface area contributed by atoms with Crippen LogP contribution in [-0.2, 0) is 0 Å². The molecule has 0 aliphatic rings. The summed E-state index contributed by atoms with van der Waals surface area (Å²) in [7, 11) is 0. The lowest BCUT2D eigenvalue weighted by Gasteiger charge is -2.08. The fourth-order valence-corrected chi connectivity index (χ4v) is 2.16. The van der Waals surface area contributed by atoms with Gasteiger partial charge in [-0.15, -0.1) is 0 Å². The van der Waals surface area contributed by atoms with Crippen molar-refractivity contribution in [3.63, 3.8) is 0 Å². The Hall–Kier alpha value is -2.22. The minimum atomic E-state index is 0.00996. The molecule has 2 nitrogen and oxygen atoms in total. The second kappa shape index (κ2) is 6.29. The zero-order valence-corrected chi connectivity index (χ0v) is 12.2. The van der Waals surface area contributed by atoms with Gasteiger partial charge in [0.1, 0.15) is 0 Å². The minimum absolute atomic E-state index is 0.00996. The van der Waals surface area contributed by atoms with Crippen molar-refractivity contribution in [1.82, 2.24) is 0 Å². The summed E-state index contributed by atoms with van der Waals surface area (Å²) in [6.45, 7) is 6.01. The van der Waals surface area contributed by atoms with Crippen molar-refractivity contribution in [1.29, 1.82) is 0 Å². The molecule has 0 bridgehead atoms. The fourth-order valence-electron chi connectivity index (χ4n) is 2.16. The summed E-state index contributed by atoms with van der Waals surface area (Å²) in [6.07, 6.45) is 0.626. The van der Waals surface area contributed by atoms with E-state index in [9.17, 15) is 4.79 Å². The van der Waals surface area contributed by atoms with Gasteiger partial charge in [-0.05, 0) is 31.4 Å². The summed E-state index contributed by atoms with van der Waals surface area (Å²) < 4.78 is 0. The van der Waals surface area contributed by atoms with E-state index < -0.39 is 0 Å². The van der Waals surface area contributed by atoms with E-state index in [-0.39, 0.29) is 5.78 Å². The van der Waals surface area contributed by atoms with E-state index in [0.29, 0.717) is 17.7 Å². The second-order valence-electron chi connectivity index (χ2n) is 4.85. The highest BCUT2D eigenvalue weighted by Gasteiger charge is 2.13. The third kappa shape index (κ3) is 3.02. The Balaban J connectivity index is 2.42. The molecule has 102 valence electrons. The molecule has 2 rings (SSSR count). The van der Waals surface area contributed by atoms with Crippen LogP contribution in [0.5, 0.6) is 0 Å². The minimum Gasteiger partial charge on any atom is -0.287 e. The van der Waals surface area contributed by atoms with Crippen LogP contribution in [0.3, 0.4) is 0 Å². The number of Topliss-reactive ketones (excluding diaryl/α,β-unsaturated/α-hetero) is 1. The standard InChI is InChI=1S/C18H19NO/c1-4-16(18(20)15-11-6-5-7-12-15)19-17-13(2)9-8-10-14(17)3/h5-12H,4H2,1-3H3. The first-order chi connectivity index (χ1) is 9.63. The predicted molar refractivity (Wildman–Crippen MR) is 84.1 cm³/mol. The highest BCUT2D eigenvalue weighted by Crippen LogP contribution is 2.24. The summed E-state index contributed by atoms with van der Waals surface area (Å²) in [5.41, 5.74) is 4.40. The molecule has 0 radical (unpaired) electrons. The summed E-state index contributed by atoms with van der Waals surface area (Å²) in [6, 6.07) is 15.4. The van der Waals surface area contributed by atoms with Gasteiger partial charge in [0.2, 0.25) is 5.78 Å². The number of ketones is 1. The van der Waals surface area contributed by atoms with Crippen molar-refractivity contribution in [2.45, 2.75) is 27.2 Å². The van der Waals surface area contributed by atoms with Crippen molar-refractivity contribution in [2.24, 2.45) is 4.99 Å². The molecule has 2 aromatic carbocycles. The van der Waals surface area contributed by atoms with Crippen LogP contribution >= 0.6 is 0 Å². The van der Waals surface area contributed by atoms with Crippen molar-refractivity contribution < 1.29 is 4.79 Å². The van der Waals surface area contributed by atoms with Crippen molar-refractivity contribution in [3.05, 3.63) is 65.2 Å². The molecule has 0 spiro atoms. The Bertz CT molecular complexity index is 621. The lowest BCUT2D eigenvalue weighted by molar-refractivity contribution is 0.106. The zero-order valence-electron chi connectivity index (χ0n) is 12.2. The van der Waals surface area contributed by atoms with Crippen LogP contribution in [0, 0.1) is 13.8 Å². The monoisotopic (exact) mass is 265 g/mol. The fraction of sp³-hybridized carbons (Fsp3) is 0.222. The van der Waals surface area contributed by atoms with Crippen molar-refractivity contribution in [3.8, 4) is 0 Å². The summed E-state index contributed by atoms with van der Waals surface area (Å²) in [5, 5.41) is 0. The van der Waals surface area contributed by atoms with Gasteiger partial charge < -0.3 is 0 Å². The van der Waals surface area contributed by atoms with Crippen LogP contribution in [0.15, 0.2) is 53.5 Å². The Morgan fingerprint density at radius 3 is 2.10 bits per heavy atom. The maximum atomic E-state index is 12.5. The smallest absolute Gasteiger partial charge is 0.207 e. The predicted octanol–water partition coefficient (Wildman–Crippen LogP) is 4.67.